The molecule has 0 aliphatic heterocycles. The van der Waals surface area contributed by atoms with Gasteiger partial charge in [0.2, 0.25) is 0 Å². The van der Waals surface area contributed by atoms with Gasteiger partial charge in [-0.2, -0.15) is 0 Å². The molecule has 3 unspecified atom stereocenters. The molecule has 0 aromatic heterocycles. The summed E-state index contributed by atoms with van der Waals surface area (Å²) in [4.78, 5) is 0. The molecule has 2 nitrogen and oxygen atoms in total. The average Bonchev–Trinajstić information content (AvgIpc) is 2.24. The lowest BCUT2D eigenvalue weighted by atomic mass is 9.91. The highest BCUT2D eigenvalue weighted by atomic mass is 35.5. The molecule has 0 radical (unpaired) electrons. The van der Waals surface area contributed by atoms with Gasteiger partial charge in [0.05, 0.1) is 10.4 Å². The van der Waals surface area contributed by atoms with E-state index in [0.717, 1.165) is 6.42 Å². The van der Waals surface area contributed by atoms with E-state index in [-0.39, 0.29) is 17.6 Å². The van der Waals surface area contributed by atoms with Gasteiger partial charge in [0.15, 0.2) is 0 Å². The standard InChI is InChI=1S/C11H11Cl3O2/c1-15-11-7(13)5-9(11)16-8-4-2-3-6(12)10(8)14/h2-4,7,9,11H,5H2,1H3. The third-order valence-corrected chi connectivity index (χ3v) is 3.88. The zero-order chi connectivity index (χ0) is 11.7. The van der Waals surface area contributed by atoms with Crippen LogP contribution >= 0.6 is 34.8 Å². The maximum absolute atomic E-state index is 6.01. The fraction of sp³-hybridized carbons (Fsp3) is 0.455. The van der Waals surface area contributed by atoms with Crippen molar-refractivity contribution in [3.05, 3.63) is 28.2 Å². The molecular formula is C11H11Cl3O2. The van der Waals surface area contributed by atoms with Crippen LogP contribution in [0.3, 0.4) is 0 Å². The van der Waals surface area contributed by atoms with Crippen LogP contribution in [0.2, 0.25) is 10.0 Å². The van der Waals surface area contributed by atoms with Crippen LogP contribution in [0.1, 0.15) is 6.42 Å². The fourth-order valence-corrected chi connectivity index (χ4v) is 2.46. The zero-order valence-electron chi connectivity index (χ0n) is 8.62. The topological polar surface area (TPSA) is 18.5 Å². The van der Waals surface area contributed by atoms with Crippen LogP contribution in [0.15, 0.2) is 18.2 Å². The molecule has 0 saturated heterocycles. The van der Waals surface area contributed by atoms with Crippen LogP contribution in [-0.2, 0) is 4.74 Å². The van der Waals surface area contributed by atoms with Gasteiger partial charge in [-0.05, 0) is 12.1 Å². The summed E-state index contributed by atoms with van der Waals surface area (Å²) < 4.78 is 10.9. The predicted octanol–water partition coefficient (Wildman–Crippen LogP) is 3.77. The number of rotatable bonds is 3. The van der Waals surface area contributed by atoms with E-state index in [4.69, 9.17) is 44.3 Å². The molecule has 5 heteroatoms. The predicted molar refractivity (Wildman–Crippen MR) is 65.9 cm³/mol. The second-order valence-electron chi connectivity index (χ2n) is 3.66. The summed E-state index contributed by atoms with van der Waals surface area (Å²) in [5, 5.41) is 0.917. The molecule has 0 N–H and O–H groups in total. The largest absolute Gasteiger partial charge is 0.486 e. The van der Waals surface area contributed by atoms with Crippen molar-refractivity contribution in [1.29, 1.82) is 0 Å². The molecule has 0 bridgehead atoms. The molecule has 3 atom stereocenters. The zero-order valence-corrected chi connectivity index (χ0v) is 10.9. The smallest absolute Gasteiger partial charge is 0.139 e. The minimum Gasteiger partial charge on any atom is -0.486 e. The number of methoxy groups -OCH3 is 1. The van der Waals surface area contributed by atoms with E-state index in [1.807, 2.05) is 0 Å². The Balaban J connectivity index is 2.07. The molecule has 1 aromatic rings. The van der Waals surface area contributed by atoms with Crippen molar-refractivity contribution in [1.82, 2.24) is 0 Å². The lowest BCUT2D eigenvalue weighted by Crippen LogP contribution is -2.52. The van der Waals surface area contributed by atoms with Gasteiger partial charge in [0, 0.05) is 13.5 Å². The molecule has 1 aliphatic carbocycles. The van der Waals surface area contributed by atoms with Gasteiger partial charge in [-0.15, -0.1) is 11.6 Å². The Morgan fingerprint density at radius 1 is 1.31 bits per heavy atom. The van der Waals surface area contributed by atoms with E-state index >= 15 is 0 Å². The van der Waals surface area contributed by atoms with Gasteiger partial charge in [0.1, 0.15) is 23.0 Å². The number of alkyl halides is 1. The van der Waals surface area contributed by atoms with Crippen molar-refractivity contribution in [3.63, 3.8) is 0 Å². The minimum atomic E-state index is -0.0864. The summed E-state index contributed by atoms with van der Waals surface area (Å²) in [5.41, 5.74) is 0. The van der Waals surface area contributed by atoms with Gasteiger partial charge in [-0.1, -0.05) is 29.3 Å². The van der Waals surface area contributed by atoms with E-state index in [1.54, 1.807) is 25.3 Å². The third-order valence-electron chi connectivity index (χ3n) is 2.65. The first-order valence-electron chi connectivity index (χ1n) is 4.91. The fourth-order valence-electron chi connectivity index (χ4n) is 1.68. The number of hydrogen-bond acceptors (Lipinski definition) is 2. The molecule has 16 heavy (non-hydrogen) atoms. The molecule has 88 valence electrons. The van der Waals surface area contributed by atoms with Crippen LogP contribution < -0.4 is 4.74 Å². The van der Waals surface area contributed by atoms with Crippen molar-refractivity contribution >= 4 is 34.8 Å². The summed E-state index contributed by atoms with van der Waals surface area (Å²) in [7, 11) is 1.62. The maximum atomic E-state index is 6.01. The van der Waals surface area contributed by atoms with Crippen molar-refractivity contribution in [2.24, 2.45) is 0 Å². The minimum absolute atomic E-state index is 0.00737. The van der Waals surface area contributed by atoms with Crippen molar-refractivity contribution in [2.45, 2.75) is 24.0 Å². The summed E-state index contributed by atoms with van der Waals surface area (Å²) in [6, 6.07) is 5.29. The van der Waals surface area contributed by atoms with Crippen LogP contribution in [0, 0.1) is 0 Å². The van der Waals surface area contributed by atoms with E-state index in [2.05, 4.69) is 0 Å². The van der Waals surface area contributed by atoms with E-state index < -0.39 is 0 Å². The number of halogens is 3. The van der Waals surface area contributed by atoms with E-state index in [0.29, 0.717) is 15.8 Å². The third kappa shape index (κ3) is 2.25. The quantitative estimate of drug-likeness (QED) is 0.785. The molecule has 1 aromatic carbocycles. The SMILES string of the molecule is COC1C(Cl)CC1Oc1cccc(Cl)c1Cl. The Hall–Kier alpha value is -0.150. The Kier molecular flexibility index (Phi) is 3.85. The summed E-state index contributed by atoms with van der Waals surface area (Å²) in [5.74, 6) is 0.574. The van der Waals surface area contributed by atoms with E-state index in [9.17, 15) is 0 Å². The highest BCUT2D eigenvalue weighted by molar-refractivity contribution is 6.42. The molecule has 0 heterocycles. The van der Waals surface area contributed by atoms with Gasteiger partial charge in [0.25, 0.3) is 0 Å². The Morgan fingerprint density at radius 3 is 2.69 bits per heavy atom. The highest BCUT2D eigenvalue weighted by Gasteiger charge is 2.42. The average molecular weight is 282 g/mol. The summed E-state index contributed by atoms with van der Waals surface area (Å²) in [6.07, 6.45) is 0.614. The Labute approximate surface area is 109 Å². The first-order chi connectivity index (χ1) is 7.63. The lowest BCUT2D eigenvalue weighted by Gasteiger charge is -2.39. The van der Waals surface area contributed by atoms with Crippen LogP contribution in [0.5, 0.6) is 5.75 Å². The Morgan fingerprint density at radius 2 is 2.06 bits per heavy atom. The van der Waals surface area contributed by atoms with Gasteiger partial charge >= 0.3 is 0 Å². The van der Waals surface area contributed by atoms with Crippen LogP contribution in [0.25, 0.3) is 0 Å². The highest BCUT2D eigenvalue weighted by Crippen LogP contribution is 2.37. The van der Waals surface area contributed by atoms with Gasteiger partial charge in [-0.25, -0.2) is 0 Å². The van der Waals surface area contributed by atoms with Crippen molar-refractivity contribution < 1.29 is 9.47 Å². The lowest BCUT2D eigenvalue weighted by molar-refractivity contribution is -0.0583. The first kappa shape index (κ1) is 12.3. The second-order valence-corrected chi connectivity index (χ2v) is 5.01. The first-order valence-corrected chi connectivity index (χ1v) is 6.10. The summed E-state index contributed by atoms with van der Waals surface area (Å²) in [6.45, 7) is 0. The second kappa shape index (κ2) is 5.01. The number of ether oxygens (including phenoxy) is 2. The van der Waals surface area contributed by atoms with Crippen LogP contribution in [-0.4, -0.2) is 24.7 Å². The van der Waals surface area contributed by atoms with Gasteiger partial charge < -0.3 is 9.47 Å². The summed E-state index contributed by atoms with van der Waals surface area (Å²) >= 11 is 17.9. The molecule has 1 aliphatic rings. The molecule has 2 rings (SSSR count). The maximum Gasteiger partial charge on any atom is 0.139 e. The van der Waals surface area contributed by atoms with Crippen molar-refractivity contribution in [3.8, 4) is 5.75 Å². The van der Waals surface area contributed by atoms with E-state index in [1.165, 1.54) is 0 Å². The molecular weight excluding hydrogens is 270 g/mol. The molecule has 1 fully saturated rings. The van der Waals surface area contributed by atoms with Crippen LogP contribution in [0.4, 0.5) is 0 Å². The monoisotopic (exact) mass is 280 g/mol. The van der Waals surface area contributed by atoms with Gasteiger partial charge in [-0.3, -0.25) is 0 Å². The number of benzene rings is 1. The molecule has 1 saturated carbocycles. The normalized spacial score (nSPS) is 28.6. The Bertz CT molecular complexity index is 383. The number of hydrogen-bond donors (Lipinski definition) is 0. The van der Waals surface area contributed by atoms with Crippen molar-refractivity contribution in [2.75, 3.05) is 7.11 Å². The molecule has 0 spiro atoms. The molecule has 0 amide bonds.